The molecular weight excluding hydrogens is 541 g/mol. The maximum Gasteiger partial charge on any atom is 0.416 e. The highest BCUT2D eigenvalue weighted by Gasteiger charge is 2.35. The lowest BCUT2D eigenvalue weighted by Gasteiger charge is -2.32. The number of aromatic nitrogens is 2. The molecule has 0 bridgehead atoms. The van der Waals surface area contributed by atoms with E-state index in [9.17, 15) is 22.8 Å². The summed E-state index contributed by atoms with van der Waals surface area (Å²) in [6.07, 6.45) is -2.32. The van der Waals surface area contributed by atoms with Gasteiger partial charge in [-0.05, 0) is 48.7 Å². The van der Waals surface area contributed by atoms with Crippen molar-refractivity contribution in [3.8, 4) is 17.0 Å². The first-order chi connectivity index (χ1) is 19.2. The molecular formula is C29H27F3N4O3S. The van der Waals surface area contributed by atoms with Crippen LogP contribution in [0.25, 0.3) is 11.3 Å². The molecule has 1 aliphatic rings. The molecule has 208 valence electrons. The second-order valence-electron chi connectivity index (χ2n) is 9.47. The number of carbonyl (C=O) groups excluding carboxylic acids is 2. The van der Waals surface area contributed by atoms with Crippen molar-refractivity contribution in [3.05, 3.63) is 93.3 Å². The number of para-hydroxylation sites is 1. The van der Waals surface area contributed by atoms with Gasteiger partial charge in [0.05, 0.1) is 27.7 Å². The molecule has 0 aliphatic carbocycles. The van der Waals surface area contributed by atoms with Crippen LogP contribution >= 0.6 is 11.3 Å². The maximum absolute atomic E-state index is 13.8. The Bertz CT molecular complexity index is 1550. The molecule has 1 aliphatic heterocycles. The zero-order valence-corrected chi connectivity index (χ0v) is 22.7. The third-order valence-corrected chi connectivity index (χ3v) is 8.07. The van der Waals surface area contributed by atoms with Gasteiger partial charge in [0.1, 0.15) is 5.75 Å². The van der Waals surface area contributed by atoms with Crippen LogP contribution in [0.5, 0.6) is 5.75 Å². The van der Waals surface area contributed by atoms with Crippen molar-refractivity contribution in [1.82, 2.24) is 20.0 Å². The number of thiophene rings is 1. The second kappa shape index (κ2) is 11.2. The highest BCUT2D eigenvalue weighted by molar-refractivity contribution is 7.14. The number of fused-ring (bicyclic) bond motifs is 1. The molecule has 2 aromatic carbocycles. The Morgan fingerprint density at radius 1 is 1.12 bits per heavy atom. The number of amides is 2. The fourth-order valence-corrected chi connectivity index (χ4v) is 5.88. The van der Waals surface area contributed by atoms with Gasteiger partial charge < -0.3 is 15.0 Å². The van der Waals surface area contributed by atoms with Gasteiger partial charge in [-0.2, -0.15) is 18.3 Å². The van der Waals surface area contributed by atoms with Crippen molar-refractivity contribution in [2.24, 2.45) is 7.05 Å². The van der Waals surface area contributed by atoms with Crippen molar-refractivity contribution in [2.75, 3.05) is 13.3 Å². The van der Waals surface area contributed by atoms with E-state index in [1.165, 1.54) is 34.4 Å². The van der Waals surface area contributed by atoms with Crippen LogP contribution in [0.15, 0.2) is 66.9 Å². The van der Waals surface area contributed by atoms with Crippen LogP contribution in [0.2, 0.25) is 0 Å². The zero-order valence-electron chi connectivity index (χ0n) is 21.9. The summed E-state index contributed by atoms with van der Waals surface area (Å²) >= 11 is 1.33. The monoisotopic (exact) mass is 568 g/mol. The molecule has 0 saturated heterocycles. The summed E-state index contributed by atoms with van der Waals surface area (Å²) in [7, 11) is 1.82. The normalized spacial score (nSPS) is 14.0. The van der Waals surface area contributed by atoms with Gasteiger partial charge >= 0.3 is 6.18 Å². The van der Waals surface area contributed by atoms with Gasteiger partial charge in [0.15, 0.2) is 6.73 Å². The molecule has 0 radical (unpaired) electrons. The highest BCUT2D eigenvalue weighted by atomic mass is 32.1. The number of rotatable bonds is 8. The molecule has 3 heterocycles. The molecule has 40 heavy (non-hydrogen) atoms. The number of nitrogens with one attached hydrogen (secondary N) is 1. The molecule has 2 aromatic heterocycles. The molecule has 11 heteroatoms. The van der Waals surface area contributed by atoms with Crippen molar-refractivity contribution in [1.29, 1.82) is 0 Å². The van der Waals surface area contributed by atoms with Crippen molar-refractivity contribution >= 4 is 23.2 Å². The van der Waals surface area contributed by atoms with Crippen LogP contribution in [-0.2, 0) is 26.1 Å². The summed E-state index contributed by atoms with van der Waals surface area (Å²) in [4.78, 5) is 29.5. The van der Waals surface area contributed by atoms with Gasteiger partial charge in [0.25, 0.3) is 11.8 Å². The Morgan fingerprint density at radius 2 is 1.88 bits per heavy atom. The lowest BCUT2D eigenvalue weighted by Crippen LogP contribution is -2.49. The van der Waals surface area contributed by atoms with E-state index in [1.807, 2.05) is 20.0 Å². The smallest absolute Gasteiger partial charge is 0.416 e. The van der Waals surface area contributed by atoms with Crippen molar-refractivity contribution in [2.45, 2.75) is 32.0 Å². The predicted octanol–water partition coefficient (Wildman–Crippen LogP) is 5.56. The summed E-state index contributed by atoms with van der Waals surface area (Å²) < 4.78 is 48.8. The summed E-state index contributed by atoms with van der Waals surface area (Å²) in [5.74, 6) is -0.290. The van der Waals surface area contributed by atoms with Crippen LogP contribution in [0.1, 0.15) is 43.0 Å². The van der Waals surface area contributed by atoms with E-state index in [4.69, 9.17) is 4.74 Å². The molecule has 1 N–H and O–H groups in total. The van der Waals surface area contributed by atoms with E-state index in [1.54, 1.807) is 41.2 Å². The molecule has 0 saturated carbocycles. The van der Waals surface area contributed by atoms with E-state index >= 15 is 0 Å². The minimum atomic E-state index is -4.56. The number of hydrogen-bond acceptors (Lipinski definition) is 5. The Hall–Kier alpha value is -4.12. The zero-order chi connectivity index (χ0) is 28.4. The van der Waals surface area contributed by atoms with E-state index < -0.39 is 23.7 Å². The predicted molar refractivity (Wildman–Crippen MR) is 145 cm³/mol. The summed E-state index contributed by atoms with van der Waals surface area (Å²) in [5.41, 5.74) is 1.36. The van der Waals surface area contributed by atoms with E-state index in [-0.39, 0.29) is 31.2 Å². The molecule has 1 atom stereocenters. The largest absolute Gasteiger partial charge is 0.472 e. The minimum absolute atomic E-state index is 0.0297. The first-order valence-corrected chi connectivity index (χ1v) is 13.6. The number of hydrogen-bond donors (Lipinski definition) is 1. The van der Waals surface area contributed by atoms with E-state index in [0.717, 1.165) is 22.2 Å². The SMILES string of the molecule is CCc1sc(C(=O)N[C@@H](Cc2ccccc2C(F)(F)F)CN2COc3ccccc3C2=O)cc1-c1ccnn1C. The lowest BCUT2D eigenvalue weighted by atomic mass is 9.99. The van der Waals surface area contributed by atoms with Gasteiger partial charge in [-0.25, -0.2) is 0 Å². The first kappa shape index (κ1) is 27.4. The number of benzene rings is 2. The number of aryl methyl sites for hydroxylation is 2. The number of halogens is 3. The summed E-state index contributed by atoms with van der Waals surface area (Å²) in [5, 5.41) is 7.12. The first-order valence-electron chi connectivity index (χ1n) is 12.7. The number of nitrogens with zero attached hydrogens (tertiary/aromatic N) is 3. The molecule has 4 aromatic rings. The fourth-order valence-electron chi connectivity index (χ4n) is 4.86. The lowest BCUT2D eigenvalue weighted by molar-refractivity contribution is -0.138. The molecule has 0 fully saturated rings. The Labute approximate surface area is 233 Å². The van der Waals surface area contributed by atoms with E-state index in [0.29, 0.717) is 22.6 Å². The van der Waals surface area contributed by atoms with Crippen LogP contribution in [0, 0.1) is 0 Å². The third kappa shape index (κ3) is 5.60. The van der Waals surface area contributed by atoms with Crippen LogP contribution in [0.4, 0.5) is 13.2 Å². The maximum atomic E-state index is 13.8. The van der Waals surface area contributed by atoms with Crippen molar-refractivity contribution in [3.63, 3.8) is 0 Å². The number of alkyl halides is 3. The minimum Gasteiger partial charge on any atom is -0.472 e. The van der Waals surface area contributed by atoms with Crippen LogP contribution < -0.4 is 10.1 Å². The molecule has 0 unspecified atom stereocenters. The molecule has 0 spiro atoms. The molecule has 7 nitrogen and oxygen atoms in total. The molecule has 5 rings (SSSR count). The van der Waals surface area contributed by atoms with Gasteiger partial charge in [-0.15, -0.1) is 11.3 Å². The topological polar surface area (TPSA) is 76.5 Å². The Balaban J connectivity index is 1.44. The quantitative estimate of drug-likeness (QED) is 0.302. The van der Waals surface area contributed by atoms with Crippen LogP contribution in [0.3, 0.4) is 0 Å². The van der Waals surface area contributed by atoms with Crippen LogP contribution in [-0.4, -0.2) is 45.8 Å². The van der Waals surface area contributed by atoms with Gasteiger partial charge in [-0.3, -0.25) is 14.3 Å². The average molecular weight is 569 g/mol. The Kier molecular flexibility index (Phi) is 7.66. The average Bonchev–Trinajstić information content (AvgIpc) is 3.56. The summed E-state index contributed by atoms with van der Waals surface area (Å²) in [6, 6.07) is 14.9. The molecule has 2 amide bonds. The van der Waals surface area contributed by atoms with Crippen molar-refractivity contribution < 1.29 is 27.5 Å². The Morgan fingerprint density at radius 3 is 2.60 bits per heavy atom. The summed E-state index contributed by atoms with van der Waals surface area (Å²) in [6.45, 7) is 1.88. The van der Waals surface area contributed by atoms with Gasteiger partial charge in [0.2, 0.25) is 0 Å². The number of ether oxygens (including phenoxy) is 1. The third-order valence-electron chi connectivity index (χ3n) is 6.80. The van der Waals surface area contributed by atoms with Gasteiger partial charge in [0, 0.05) is 30.2 Å². The standard InChI is InChI=1S/C29H27F3N4O3S/c1-3-25-21(23-12-13-33-35(23)2)15-26(40-25)27(37)34-19(14-18-8-4-6-10-22(18)29(30,31)32)16-36-17-39-24-11-7-5-9-20(24)28(36)38/h4-13,15,19H,3,14,16-17H2,1-2H3,(H,34,37)/t19-/m0/s1. The highest BCUT2D eigenvalue weighted by Crippen LogP contribution is 2.34. The fraction of sp³-hybridized carbons (Fsp3) is 0.276. The second-order valence-corrected chi connectivity index (χ2v) is 10.6. The number of carbonyl (C=O) groups is 2. The van der Waals surface area contributed by atoms with Gasteiger partial charge in [-0.1, -0.05) is 37.3 Å². The van der Waals surface area contributed by atoms with E-state index in [2.05, 4.69) is 10.4 Å².